The van der Waals surface area contributed by atoms with Gasteiger partial charge in [0, 0.05) is 36.5 Å². The number of likely N-dealkylation sites (N-methyl/N-ethyl adjacent to an activating group) is 1. The molecule has 154 valence electrons. The molecule has 0 fully saturated rings. The molecule has 2 aromatic carbocycles. The molecule has 0 aliphatic rings. The standard InChI is InChI=1S/C21H26N4O4/c1-4-16-7-5-6-8-19(16)23-21(27)14-24(3)12-11-20(26)22-18-10-9-17(25(28)29)13-15(18)2/h5-10,13H,4,11-12,14H2,1-3H3,(H,22,26)(H,23,27). The van der Waals surface area contributed by atoms with Crippen LogP contribution in [0.5, 0.6) is 0 Å². The Kier molecular flexibility index (Phi) is 7.85. The van der Waals surface area contributed by atoms with Gasteiger partial charge in [-0.2, -0.15) is 0 Å². The quantitative estimate of drug-likeness (QED) is 0.498. The van der Waals surface area contributed by atoms with E-state index in [1.807, 2.05) is 31.2 Å². The van der Waals surface area contributed by atoms with Crippen LogP contribution in [0.1, 0.15) is 24.5 Å². The average Bonchev–Trinajstić information content (AvgIpc) is 2.68. The third kappa shape index (κ3) is 6.69. The Balaban J connectivity index is 1.81. The van der Waals surface area contributed by atoms with Crippen LogP contribution in [0.4, 0.5) is 17.1 Å². The molecule has 2 rings (SSSR count). The first-order chi connectivity index (χ1) is 13.8. The van der Waals surface area contributed by atoms with Crippen LogP contribution >= 0.6 is 0 Å². The number of para-hydroxylation sites is 1. The molecule has 0 aliphatic heterocycles. The van der Waals surface area contributed by atoms with Crippen molar-refractivity contribution >= 4 is 28.9 Å². The van der Waals surface area contributed by atoms with E-state index in [-0.39, 0.29) is 30.5 Å². The molecule has 0 aliphatic carbocycles. The lowest BCUT2D eigenvalue weighted by molar-refractivity contribution is -0.384. The van der Waals surface area contributed by atoms with Crippen molar-refractivity contribution in [2.24, 2.45) is 0 Å². The highest BCUT2D eigenvalue weighted by molar-refractivity contribution is 5.93. The van der Waals surface area contributed by atoms with Gasteiger partial charge in [-0.15, -0.1) is 0 Å². The maximum Gasteiger partial charge on any atom is 0.269 e. The van der Waals surface area contributed by atoms with E-state index in [4.69, 9.17) is 0 Å². The summed E-state index contributed by atoms with van der Waals surface area (Å²) >= 11 is 0. The normalized spacial score (nSPS) is 10.6. The fourth-order valence-electron chi connectivity index (χ4n) is 2.87. The predicted molar refractivity (Wildman–Crippen MR) is 113 cm³/mol. The Morgan fingerprint density at radius 1 is 1.07 bits per heavy atom. The second kappa shape index (κ2) is 10.3. The highest BCUT2D eigenvalue weighted by atomic mass is 16.6. The zero-order valence-electron chi connectivity index (χ0n) is 16.9. The number of anilines is 2. The first-order valence-electron chi connectivity index (χ1n) is 9.41. The van der Waals surface area contributed by atoms with Crippen molar-refractivity contribution in [3.05, 3.63) is 63.7 Å². The van der Waals surface area contributed by atoms with E-state index in [1.165, 1.54) is 18.2 Å². The van der Waals surface area contributed by atoms with Crippen LogP contribution in [-0.4, -0.2) is 41.8 Å². The number of nitro benzene ring substituents is 1. The van der Waals surface area contributed by atoms with E-state index in [2.05, 4.69) is 10.6 Å². The van der Waals surface area contributed by atoms with Gasteiger partial charge in [0.05, 0.1) is 11.5 Å². The van der Waals surface area contributed by atoms with E-state index < -0.39 is 4.92 Å². The van der Waals surface area contributed by atoms with Gasteiger partial charge in [0.15, 0.2) is 0 Å². The number of non-ortho nitro benzene ring substituents is 1. The monoisotopic (exact) mass is 398 g/mol. The summed E-state index contributed by atoms with van der Waals surface area (Å²) < 4.78 is 0. The average molecular weight is 398 g/mol. The van der Waals surface area contributed by atoms with Gasteiger partial charge in [-0.3, -0.25) is 24.6 Å². The summed E-state index contributed by atoms with van der Waals surface area (Å²) in [7, 11) is 1.77. The molecule has 2 aromatic rings. The minimum Gasteiger partial charge on any atom is -0.326 e. The van der Waals surface area contributed by atoms with Crippen LogP contribution in [-0.2, 0) is 16.0 Å². The third-order valence-corrected chi connectivity index (χ3v) is 4.50. The van der Waals surface area contributed by atoms with Gasteiger partial charge >= 0.3 is 0 Å². The van der Waals surface area contributed by atoms with Crippen molar-refractivity contribution in [3.8, 4) is 0 Å². The molecule has 2 N–H and O–H groups in total. The van der Waals surface area contributed by atoms with Crippen molar-refractivity contribution in [1.29, 1.82) is 0 Å². The lowest BCUT2D eigenvalue weighted by Gasteiger charge is -2.17. The van der Waals surface area contributed by atoms with Crippen molar-refractivity contribution < 1.29 is 14.5 Å². The molecule has 8 heteroatoms. The highest BCUT2D eigenvalue weighted by Gasteiger charge is 2.13. The van der Waals surface area contributed by atoms with Crippen molar-refractivity contribution in [1.82, 2.24) is 4.90 Å². The Morgan fingerprint density at radius 2 is 1.76 bits per heavy atom. The molecule has 0 atom stereocenters. The van der Waals surface area contributed by atoms with Gasteiger partial charge in [-0.1, -0.05) is 25.1 Å². The number of carbonyl (C=O) groups excluding carboxylic acids is 2. The van der Waals surface area contributed by atoms with Crippen LogP contribution in [0.25, 0.3) is 0 Å². The van der Waals surface area contributed by atoms with Crippen LogP contribution in [0.2, 0.25) is 0 Å². The molecular formula is C21H26N4O4. The fourth-order valence-corrected chi connectivity index (χ4v) is 2.87. The lowest BCUT2D eigenvalue weighted by Crippen LogP contribution is -2.32. The number of carbonyl (C=O) groups is 2. The molecule has 0 aromatic heterocycles. The molecule has 0 heterocycles. The smallest absolute Gasteiger partial charge is 0.269 e. The van der Waals surface area contributed by atoms with Crippen molar-refractivity contribution in [2.75, 3.05) is 30.8 Å². The second-order valence-electron chi connectivity index (χ2n) is 6.85. The summed E-state index contributed by atoms with van der Waals surface area (Å²) in [4.78, 5) is 36.5. The maximum absolute atomic E-state index is 12.2. The summed E-state index contributed by atoms with van der Waals surface area (Å²) in [5, 5.41) is 16.4. The Hall–Kier alpha value is -3.26. The van der Waals surface area contributed by atoms with E-state index in [1.54, 1.807) is 18.9 Å². The molecule has 8 nitrogen and oxygen atoms in total. The topological polar surface area (TPSA) is 105 Å². The Morgan fingerprint density at radius 3 is 2.41 bits per heavy atom. The lowest BCUT2D eigenvalue weighted by atomic mass is 10.1. The summed E-state index contributed by atoms with van der Waals surface area (Å²) in [5.41, 5.74) is 3.02. The molecule has 0 radical (unpaired) electrons. The number of amides is 2. The van der Waals surface area contributed by atoms with Crippen molar-refractivity contribution in [2.45, 2.75) is 26.7 Å². The van der Waals surface area contributed by atoms with Gasteiger partial charge in [0.2, 0.25) is 11.8 Å². The van der Waals surface area contributed by atoms with Crippen molar-refractivity contribution in [3.63, 3.8) is 0 Å². The molecule has 0 unspecified atom stereocenters. The van der Waals surface area contributed by atoms with Gasteiger partial charge in [0.1, 0.15) is 0 Å². The number of nitro groups is 1. The molecule has 0 spiro atoms. The molecule has 0 saturated heterocycles. The maximum atomic E-state index is 12.2. The molecule has 2 amide bonds. The first-order valence-corrected chi connectivity index (χ1v) is 9.41. The first kappa shape index (κ1) is 22.0. The molecule has 0 saturated carbocycles. The van der Waals surface area contributed by atoms with E-state index >= 15 is 0 Å². The zero-order valence-corrected chi connectivity index (χ0v) is 16.9. The zero-order chi connectivity index (χ0) is 21.4. The van der Waals surface area contributed by atoms with Gasteiger partial charge in [-0.25, -0.2) is 0 Å². The SMILES string of the molecule is CCc1ccccc1NC(=O)CN(C)CCC(=O)Nc1ccc([N+](=O)[O-])cc1C. The van der Waals surface area contributed by atoms with Crippen LogP contribution in [0, 0.1) is 17.0 Å². The minimum atomic E-state index is -0.475. The van der Waals surface area contributed by atoms with Gasteiger partial charge in [-0.05, 0) is 43.7 Å². The number of benzene rings is 2. The van der Waals surface area contributed by atoms with Crippen LogP contribution in [0.15, 0.2) is 42.5 Å². The number of rotatable bonds is 9. The van der Waals surface area contributed by atoms with Crippen LogP contribution in [0.3, 0.4) is 0 Å². The number of nitrogens with one attached hydrogen (secondary N) is 2. The van der Waals surface area contributed by atoms with Crippen LogP contribution < -0.4 is 10.6 Å². The van der Waals surface area contributed by atoms with Gasteiger partial charge < -0.3 is 10.6 Å². The number of hydrogen-bond donors (Lipinski definition) is 2. The number of hydrogen-bond acceptors (Lipinski definition) is 5. The number of nitrogens with zero attached hydrogens (tertiary/aromatic N) is 2. The molecular weight excluding hydrogens is 372 g/mol. The highest BCUT2D eigenvalue weighted by Crippen LogP contribution is 2.21. The summed E-state index contributed by atoms with van der Waals surface area (Å²) in [5.74, 6) is -0.356. The minimum absolute atomic E-state index is 0.0177. The molecule has 0 bridgehead atoms. The second-order valence-corrected chi connectivity index (χ2v) is 6.85. The largest absolute Gasteiger partial charge is 0.326 e. The molecule has 29 heavy (non-hydrogen) atoms. The van der Waals surface area contributed by atoms with Gasteiger partial charge in [0.25, 0.3) is 5.69 Å². The number of aryl methyl sites for hydroxylation is 2. The predicted octanol–water partition coefficient (Wildman–Crippen LogP) is 3.36. The Labute approximate surface area is 170 Å². The third-order valence-electron chi connectivity index (χ3n) is 4.50. The van der Waals surface area contributed by atoms with E-state index in [9.17, 15) is 19.7 Å². The van der Waals surface area contributed by atoms with E-state index in [0.29, 0.717) is 17.8 Å². The Bertz CT molecular complexity index is 898. The fraction of sp³-hybridized carbons (Fsp3) is 0.333. The van der Waals surface area contributed by atoms with E-state index in [0.717, 1.165) is 17.7 Å². The summed E-state index contributed by atoms with van der Waals surface area (Å²) in [6.45, 7) is 4.30. The summed E-state index contributed by atoms with van der Waals surface area (Å²) in [6.07, 6.45) is 1.03. The summed E-state index contributed by atoms with van der Waals surface area (Å²) in [6, 6.07) is 12.0.